The molecule has 0 saturated carbocycles. The Labute approximate surface area is 101 Å². The van der Waals surface area contributed by atoms with Crippen molar-refractivity contribution >= 4 is 20.2 Å². The van der Waals surface area contributed by atoms with Gasteiger partial charge < -0.3 is 4.65 Å². The summed E-state index contributed by atoms with van der Waals surface area (Å²) in [7, 11) is 1.47. The maximum absolute atomic E-state index is 11.7. The van der Waals surface area contributed by atoms with Crippen LogP contribution in [-0.4, -0.2) is 32.8 Å². The summed E-state index contributed by atoms with van der Waals surface area (Å²) < 4.78 is 4.72. The second-order valence-corrected chi connectivity index (χ2v) is 3.48. The van der Waals surface area contributed by atoms with Gasteiger partial charge >= 0.3 is 8.05 Å². The summed E-state index contributed by atoms with van der Waals surface area (Å²) in [5, 5.41) is 3.09. The Kier molecular flexibility index (Phi) is 5.64. The number of nitrogens with zero attached hydrogens (tertiary/aromatic N) is 2. The molecule has 0 aliphatic rings. The Hall–Kier alpha value is -1.98. The van der Waals surface area contributed by atoms with E-state index in [-0.39, 0.29) is 12.3 Å². The maximum atomic E-state index is 11.7. The van der Waals surface area contributed by atoms with Crippen LogP contribution in [0.15, 0.2) is 40.4 Å². The summed E-state index contributed by atoms with van der Waals surface area (Å²) in [6, 6.07) is 9.06. The number of aliphatic imine (C=N–C) groups is 1. The van der Waals surface area contributed by atoms with Gasteiger partial charge in [-0.25, -0.2) is 10.5 Å². The van der Waals surface area contributed by atoms with Crippen molar-refractivity contribution in [1.82, 2.24) is 0 Å². The Morgan fingerprint density at radius 2 is 2.18 bits per heavy atom. The number of rotatable bonds is 7. The van der Waals surface area contributed by atoms with Crippen LogP contribution in [0.2, 0.25) is 0 Å². The SMILES string of the molecule is BOC=N[C@@H](Cc1ccccc1)C(=O)CN=N. The van der Waals surface area contributed by atoms with Crippen LogP contribution < -0.4 is 0 Å². The molecular weight excluding hydrogens is 217 g/mol. The lowest BCUT2D eigenvalue weighted by atomic mass is 10.0. The molecule has 0 bridgehead atoms. The molecule has 0 unspecified atom stereocenters. The minimum atomic E-state index is -0.536. The van der Waals surface area contributed by atoms with E-state index in [2.05, 4.69) is 10.1 Å². The Morgan fingerprint density at radius 3 is 2.76 bits per heavy atom. The second kappa shape index (κ2) is 7.32. The van der Waals surface area contributed by atoms with Gasteiger partial charge in [0.25, 0.3) is 0 Å². The molecule has 17 heavy (non-hydrogen) atoms. The van der Waals surface area contributed by atoms with E-state index in [0.29, 0.717) is 6.42 Å². The van der Waals surface area contributed by atoms with Crippen molar-refractivity contribution in [3.05, 3.63) is 35.9 Å². The molecule has 88 valence electrons. The van der Waals surface area contributed by atoms with Crippen molar-refractivity contribution in [2.75, 3.05) is 6.54 Å². The van der Waals surface area contributed by atoms with E-state index in [1.54, 1.807) is 0 Å². The van der Waals surface area contributed by atoms with Crippen LogP contribution >= 0.6 is 0 Å². The predicted octanol–water partition coefficient (Wildman–Crippen LogP) is 0.791. The van der Waals surface area contributed by atoms with Crippen molar-refractivity contribution in [1.29, 1.82) is 5.53 Å². The normalized spacial score (nSPS) is 12.2. The summed E-state index contributed by atoms with van der Waals surface area (Å²) >= 11 is 0. The van der Waals surface area contributed by atoms with Gasteiger partial charge in [0.15, 0.2) is 12.2 Å². The van der Waals surface area contributed by atoms with E-state index < -0.39 is 6.04 Å². The van der Waals surface area contributed by atoms with Crippen LogP contribution in [0, 0.1) is 5.53 Å². The standard InChI is InChI=1S/C11H14BN3O2/c12-17-8-14-10(11(16)7-15-13)6-9-4-2-1-3-5-9/h1-5,8,10,13H,6-7,12H2/t10-/m0/s1. The Bertz CT molecular complexity index is 395. The van der Waals surface area contributed by atoms with Gasteiger partial charge in [-0.3, -0.25) is 4.79 Å². The molecule has 0 amide bonds. The van der Waals surface area contributed by atoms with Crippen LogP contribution in [0.5, 0.6) is 0 Å². The lowest BCUT2D eigenvalue weighted by Gasteiger charge is -2.09. The number of hydrogen-bond acceptors (Lipinski definition) is 5. The first-order valence-corrected chi connectivity index (χ1v) is 5.22. The van der Waals surface area contributed by atoms with E-state index in [4.69, 9.17) is 10.2 Å². The molecule has 0 fully saturated rings. The third kappa shape index (κ3) is 4.59. The summed E-state index contributed by atoms with van der Waals surface area (Å²) in [5.41, 5.74) is 7.72. The Balaban J connectivity index is 2.73. The first kappa shape index (κ1) is 13.1. The molecule has 6 heteroatoms. The highest BCUT2D eigenvalue weighted by molar-refractivity contribution is 6.02. The van der Waals surface area contributed by atoms with Gasteiger partial charge in [-0.05, 0) is 5.56 Å². The molecule has 0 aromatic heterocycles. The fourth-order valence-electron chi connectivity index (χ4n) is 1.40. The molecule has 0 saturated heterocycles. The second-order valence-electron chi connectivity index (χ2n) is 3.48. The third-order valence-electron chi connectivity index (χ3n) is 2.22. The lowest BCUT2D eigenvalue weighted by Crippen LogP contribution is -2.24. The minimum Gasteiger partial charge on any atom is -0.560 e. The third-order valence-corrected chi connectivity index (χ3v) is 2.22. The van der Waals surface area contributed by atoms with E-state index in [0.717, 1.165) is 5.56 Å². The summed E-state index contributed by atoms with van der Waals surface area (Å²) in [6.07, 6.45) is 1.74. The van der Waals surface area contributed by atoms with E-state index in [1.165, 1.54) is 14.4 Å². The quantitative estimate of drug-likeness (QED) is 0.326. The highest BCUT2D eigenvalue weighted by Crippen LogP contribution is 2.07. The summed E-state index contributed by atoms with van der Waals surface area (Å²) in [4.78, 5) is 15.7. The van der Waals surface area contributed by atoms with Crippen LogP contribution in [0.1, 0.15) is 5.56 Å². The van der Waals surface area contributed by atoms with E-state index in [1.807, 2.05) is 30.3 Å². The molecule has 0 spiro atoms. The van der Waals surface area contributed by atoms with Gasteiger partial charge in [0.05, 0.1) is 0 Å². The van der Waals surface area contributed by atoms with Crippen molar-refractivity contribution < 1.29 is 9.45 Å². The molecule has 0 radical (unpaired) electrons. The number of benzene rings is 1. The fraction of sp³-hybridized carbons (Fsp3) is 0.273. The number of hydrogen-bond donors (Lipinski definition) is 1. The number of Topliss-reactive ketones (excluding diaryl/α,β-unsaturated/α-hetero) is 1. The van der Waals surface area contributed by atoms with Crippen LogP contribution in [-0.2, 0) is 15.9 Å². The van der Waals surface area contributed by atoms with Gasteiger partial charge in [-0.15, -0.1) is 0 Å². The van der Waals surface area contributed by atoms with E-state index >= 15 is 0 Å². The molecule has 0 aliphatic heterocycles. The monoisotopic (exact) mass is 231 g/mol. The number of carbonyl (C=O) groups excluding carboxylic acids is 1. The number of ketones is 1. The summed E-state index contributed by atoms with van der Waals surface area (Å²) in [5.74, 6) is -0.183. The topological polar surface area (TPSA) is 74.9 Å². The smallest absolute Gasteiger partial charge is 0.323 e. The average Bonchev–Trinajstić information content (AvgIpc) is 2.36. The number of nitrogens with one attached hydrogen (secondary N) is 1. The van der Waals surface area contributed by atoms with Gasteiger partial charge in [0, 0.05) is 6.42 Å². The lowest BCUT2D eigenvalue weighted by molar-refractivity contribution is -0.118. The molecular formula is C11H14BN3O2. The zero-order chi connectivity index (χ0) is 12.5. The molecule has 1 aromatic rings. The zero-order valence-electron chi connectivity index (χ0n) is 9.67. The molecule has 1 rings (SSSR count). The molecule has 0 heterocycles. The van der Waals surface area contributed by atoms with Crippen molar-refractivity contribution in [2.24, 2.45) is 10.1 Å². The molecule has 0 aliphatic carbocycles. The fourth-order valence-corrected chi connectivity index (χ4v) is 1.40. The molecule has 1 aromatic carbocycles. The largest absolute Gasteiger partial charge is 0.560 e. The highest BCUT2D eigenvalue weighted by atomic mass is 16.4. The van der Waals surface area contributed by atoms with Gasteiger partial charge in [-0.2, -0.15) is 5.11 Å². The average molecular weight is 231 g/mol. The van der Waals surface area contributed by atoms with Gasteiger partial charge in [0.1, 0.15) is 12.6 Å². The predicted molar refractivity (Wildman–Crippen MR) is 67.1 cm³/mol. The molecule has 5 nitrogen and oxygen atoms in total. The first-order valence-electron chi connectivity index (χ1n) is 5.22. The van der Waals surface area contributed by atoms with Crippen molar-refractivity contribution in [3.63, 3.8) is 0 Å². The van der Waals surface area contributed by atoms with E-state index in [9.17, 15) is 4.79 Å². The van der Waals surface area contributed by atoms with Crippen LogP contribution in [0.4, 0.5) is 0 Å². The van der Waals surface area contributed by atoms with Gasteiger partial charge in [0.2, 0.25) is 0 Å². The van der Waals surface area contributed by atoms with Crippen LogP contribution in [0.3, 0.4) is 0 Å². The van der Waals surface area contributed by atoms with Gasteiger partial charge in [-0.1, -0.05) is 30.3 Å². The summed E-state index contributed by atoms with van der Waals surface area (Å²) in [6.45, 7) is -0.140. The van der Waals surface area contributed by atoms with Crippen molar-refractivity contribution in [2.45, 2.75) is 12.5 Å². The molecule has 1 N–H and O–H groups in total. The minimum absolute atomic E-state index is 0.140. The highest BCUT2D eigenvalue weighted by Gasteiger charge is 2.16. The Morgan fingerprint density at radius 1 is 1.47 bits per heavy atom. The zero-order valence-corrected chi connectivity index (χ0v) is 9.67. The number of carbonyl (C=O) groups is 1. The van der Waals surface area contributed by atoms with Crippen molar-refractivity contribution in [3.8, 4) is 0 Å². The van der Waals surface area contributed by atoms with Crippen LogP contribution in [0.25, 0.3) is 0 Å². The molecule has 1 atom stereocenters. The first-order chi connectivity index (χ1) is 8.27. The maximum Gasteiger partial charge on any atom is 0.323 e.